The van der Waals surface area contributed by atoms with Gasteiger partial charge in [-0.25, -0.2) is 0 Å². The van der Waals surface area contributed by atoms with Crippen molar-refractivity contribution in [3.63, 3.8) is 0 Å². The van der Waals surface area contributed by atoms with Crippen LogP contribution in [0.15, 0.2) is 17.5 Å². The topological polar surface area (TPSA) is 49.8 Å². The summed E-state index contributed by atoms with van der Waals surface area (Å²) in [5.74, 6) is -0.102. The zero-order chi connectivity index (χ0) is 13.3. The molecule has 1 aliphatic carbocycles. The average Bonchev–Trinajstić information content (AvgIpc) is 3.10. The summed E-state index contributed by atoms with van der Waals surface area (Å²) in [5, 5.41) is 12.4. The Morgan fingerprint density at radius 2 is 2.26 bits per heavy atom. The molecule has 2 heterocycles. The van der Waals surface area contributed by atoms with Crippen LogP contribution in [-0.2, 0) is 9.53 Å². The Bertz CT molecular complexity index is 440. The van der Waals surface area contributed by atoms with Gasteiger partial charge in [-0.05, 0) is 37.1 Å². The molecule has 1 aromatic heterocycles. The van der Waals surface area contributed by atoms with Crippen LogP contribution in [0.1, 0.15) is 36.7 Å². The van der Waals surface area contributed by atoms with Crippen LogP contribution in [0.4, 0.5) is 0 Å². The van der Waals surface area contributed by atoms with E-state index in [2.05, 4.69) is 0 Å². The van der Waals surface area contributed by atoms with E-state index in [9.17, 15) is 9.90 Å². The molecule has 0 spiro atoms. The minimum atomic E-state index is -1.11. The van der Waals surface area contributed by atoms with E-state index in [0.29, 0.717) is 32.5 Å². The van der Waals surface area contributed by atoms with Crippen molar-refractivity contribution in [3.05, 3.63) is 22.4 Å². The van der Waals surface area contributed by atoms with Crippen LogP contribution >= 0.6 is 11.3 Å². The van der Waals surface area contributed by atoms with Gasteiger partial charge in [-0.3, -0.25) is 4.79 Å². The highest BCUT2D eigenvalue weighted by Crippen LogP contribution is 2.33. The maximum absolute atomic E-state index is 12.5. The summed E-state index contributed by atoms with van der Waals surface area (Å²) in [7, 11) is 0. The summed E-state index contributed by atoms with van der Waals surface area (Å²) >= 11 is 1.65. The number of hydrogen-bond acceptors (Lipinski definition) is 4. The zero-order valence-corrected chi connectivity index (χ0v) is 11.7. The lowest BCUT2D eigenvalue weighted by atomic mass is 10.00. The van der Waals surface area contributed by atoms with Crippen molar-refractivity contribution in [1.29, 1.82) is 0 Å². The first-order valence-corrected chi connectivity index (χ1v) is 7.74. The molecule has 0 radical (unpaired) electrons. The van der Waals surface area contributed by atoms with E-state index in [1.54, 1.807) is 16.2 Å². The van der Waals surface area contributed by atoms with Crippen molar-refractivity contribution in [2.24, 2.45) is 0 Å². The Morgan fingerprint density at radius 3 is 2.95 bits per heavy atom. The molecule has 19 heavy (non-hydrogen) atoms. The molecule has 5 heteroatoms. The number of thiophene rings is 1. The molecule has 4 nitrogen and oxygen atoms in total. The van der Waals surface area contributed by atoms with Crippen LogP contribution in [0.2, 0.25) is 0 Å². The minimum absolute atomic E-state index is 0.0392. The van der Waals surface area contributed by atoms with E-state index in [4.69, 9.17) is 4.74 Å². The molecular weight excluding hydrogens is 262 g/mol. The lowest BCUT2D eigenvalue weighted by Crippen LogP contribution is -2.51. The molecule has 1 saturated carbocycles. The molecule has 3 rings (SSSR count). The molecule has 0 aromatic carbocycles. The summed E-state index contributed by atoms with van der Waals surface area (Å²) in [5.41, 5.74) is -1.11. The summed E-state index contributed by atoms with van der Waals surface area (Å²) < 4.78 is 5.73. The van der Waals surface area contributed by atoms with E-state index >= 15 is 0 Å². The number of nitrogens with zero attached hydrogens (tertiary/aromatic N) is 1. The molecule has 1 aromatic rings. The first-order valence-electron chi connectivity index (χ1n) is 6.86. The van der Waals surface area contributed by atoms with Gasteiger partial charge in [0, 0.05) is 11.4 Å². The Kier molecular flexibility index (Phi) is 3.60. The van der Waals surface area contributed by atoms with Crippen LogP contribution in [0.25, 0.3) is 0 Å². The second-order valence-electron chi connectivity index (χ2n) is 5.36. The van der Waals surface area contributed by atoms with Gasteiger partial charge in [-0.2, -0.15) is 0 Å². The summed E-state index contributed by atoms with van der Waals surface area (Å²) in [6, 6.07) is 4.03. The Hall–Kier alpha value is -0.910. The third-order valence-electron chi connectivity index (χ3n) is 4.04. The molecule has 2 aliphatic rings. The van der Waals surface area contributed by atoms with E-state index in [1.165, 1.54) is 0 Å². The van der Waals surface area contributed by atoms with Gasteiger partial charge in [-0.15, -0.1) is 11.3 Å². The van der Waals surface area contributed by atoms with E-state index in [0.717, 1.165) is 17.7 Å². The van der Waals surface area contributed by atoms with Crippen molar-refractivity contribution in [2.45, 2.75) is 37.4 Å². The van der Waals surface area contributed by atoms with Crippen molar-refractivity contribution >= 4 is 17.2 Å². The normalized spacial score (nSPS) is 26.6. The van der Waals surface area contributed by atoms with Crippen molar-refractivity contribution in [1.82, 2.24) is 4.90 Å². The maximum Gasteiger partial charge on any atom is 0.254 e. The van der Waals surface area contributed by atoms with Crippen LogP contribution in [0.3, 0.4) is 0 Å². The van der Waals surface area contributed by atoms with Gasteiger partial charge in [0.1, 0.15) is 11.7 Å². The number of morpholine rings is 1. The summed E-state index contributed by atoms with van der Waals surface area (Å²) in [6.07, 6.45) is 3.06. The van der Waals surface area contributed by atoms with Gasteiger partial charge in [0.2, 0.25) is 0 Å². The van der Waals surface area contributed by atoms with E-state index in [1.807, 2.05) is 17.5 Å². The number of ether oxygens (including phenoxy) is 1. The van der Waals surface area contributed by atoms with Gasteiger partial charge in [0.05, 0.1) is 13.2 Å². The molecule has 1 atom stereocenters. The first-order chi connectivity index (χ1) is 9.19. The molecule has 1 amide bonds. The predicted octanol–water partition coefficient (Wildman–Crippen LogP) is 1.95. The molecule has 1 unspecified atom stereocenters. The Labute approximate surface area is 117 Å². The summed E-state index contributed by atoms with van der Waals surface area (Å²) in [4.78, 5) is 15.4. The highest BCUT2D eigenvalue weighted by molar-refractivity contribution is 7.10. The smallest absolute Gasteiger partial charge is 0.254 e. The van der Waals surface area contributed by atoms with E-state index < -0.39 is 5.60 Å². The van der Waals surface area contributed by atoms with Gasteiger partial charge in [0.15, 0.2) is 0 Å². The standard InChI is InChI=1S/C14H19NO3S/c16-13(14(17)5-1-2-6-14)15-7-8-18-11(10-15)12-4-3-9-19-12/h3-4,9,11,17H,1-2,5-8,10H2. The number of carbonyl (C=O) groups excluding carboxylic acids is 1. The first kappa shape index (κ1) is 13.1. The third-order valence-corrected chi connectivity index (χ3v) is 5.01. The van der Waals surface area contributed by atoms with Crippen molar-refractivity contribution in [2.75, 3.05) is 19.7 Å². The molecular formula is C14H19NO3S. The fraction of sp³-hybridized carbons (Fsp3) is 0.643. The quantitative estimate of drug-likeness (QED) is 0.901. The maximum atomic E-state index is 12.5. The van der Waals surface area contributed by atoms with Crippen molar-refractivity contribution in [3.8, 4) is 0 Å². The largest absolute Gasteiger partial charge is 0.380 e. The minimum Gasteiger partial charge on any atom is -0.380 e. The second-order valence-corrected chi connectivity index (χ2v) is 6.34. The Balaban J connectivity index is 1.69. The highest BCUT2D eigenvalue weighted by atomic mass is 32.1. The zero-order valence-electron chi connectivity index (χ0n) is 10.9. The molecule has 1 N–H and O–H groups in total. The number of hydrogen-bond donors (Lipinski definition) is 1. The lowest BCUT2D eigenvalue weighted by Gasteiger charge is -2.36. The number of rotatable bonds is 2. The highest BCUT2D eigenvalue weighted by Gasteiger charge is 2.42. The Morgan fingerprint density at radius 1 is 1.47 bits per heavy atom. The number of carbonyl (C=O) groups is 1. The van der Waals surface area contributed by atoms with Crippen LogP contribution in [0.5, 0.6) is 0 Å². The monoisotopic (exact) mass is 281 g/mol. The summed E-state index contributed by atoms with van der Waals surface area (Å²) in [6.45, 7) is 1.69. The fourth-order valence-electron chi connectivity index (χ4n) is 2.95. The van der Waals surface area contributed by atoms with Crippen LogP contribution in [0, 0.1) is 0 Å². The molecule has 1 aliphatic heterocycles. The van der Waals surface area contributed by atoms with Crippen molar-refractivity contribution < 1.29 is 14.6 Å². The third kappa shape index (κ3) is 2.55. The number of aliphatic hydroxyl groups is 1. The van der Waals surface area contributed by atoms with Gasteiger partial charge in [0.25, 0.3) is 5.91 Å². The molecule has 2 fully saturated rings. The average molecular weight is 281 g/mol. The fourth-order valence-corrected chi connectivity index (χ4v) is 3.71. The number of amides is 1. The van der Waals surface area contributed by atoms with Gasteiger partial charge < -0.3 is 14.7 Å². The predicted molar refractivity (Wildman–Crippen MR) is 73.0 cm³/mol. The van der Waals surface area contributed by atoms with Crippen LogP contribution < -0.4 is 0 Å². The molecule has 1 saturated heterocycles. The van der Waals surface area contributed by atoms with E-state index in [-0.39, 0.29) is 12.0 Å². The molecule has 0 bridgehead atoms. The lowest BCUT2D eigenvalue weighted by molar-refractivity contribution is -0.158. The van der Waals surface area contributed by atoms with Crippen LogP contribution in [-0.4, -0.2) is 41.2 Å². The molecule has 104 valence electrons. The second kappa shape index (κ2) is 5.23. The van der Waals surface area contributed by atoms with Gasteiger partial charge in [-0.1, -0.05) is 6.07 Å². The SMILES string of the molecule is O=C(N1CCOC(c2cccs2)C1)C1(O)CCCC1. The van der Waals surface area contributed by atoms with Gasteiger partial charge >= 0.3 is 0 Å².